The number of ether oxygens (including phenoxy) is 2. The van der Waals surface area contributed by atoms with E-state index in [-0.39, 0.29) is 37.3 Å². The number of carbonyl (C=O) groups excluding carboxylic acids is 4. The Labute approximate surface area is 316 Å². The fourth-order valence-electron chi connectivity index (χ4n) is 7.50. The van der Waals surface area contributed by atoms with Crippen LogP contribution in [0.3, 0.4) is 0 Å². The van der Waals surface area contributed by atoms with Crippen molar-refractivity contribution in [1.82, 2.24) is 24.8 Å². The second kappa shape index (κ2) is 15.1. The molecule has 0 bridgehead atoms. The van der Waals surface area contributed by atoms with Gasteiger partial charge in [-0.1, -0.05) is 25.0 Å². The zero-order chi connectivity index (χ0) is 39.2. The summed E-state index contributed by atoms with van der Waals surface area (Å²) in [6, 6.07) is 2.10. The Morgan fingerprint density at radius 1 is 1.13 bits per heavy atom. The lowest BCUT2D eigenvalue weighted by molar-refractivity contribution is -0.140. The highest BCUT2D eigenvalue weighted by Gasteiger charge is 2.62. The predicted octanol–water partition coefficient (Wildman–Crippen LogP) is 4.94. The minimum absolute atomic E-state index is 0.0107. The van der Waals surface area contributed by atoms with E-state index >= 15 is 0 Å². The summed E-state index contributed by atoms with van der Waals surface area (Å²) in [5.41, 5.74) is -0.625. The summed E-state index contributed by atoms with van der Waals surface area (Å²) in [5.74, 6) is -1.77. The van der Waals surface area contributed by atoms with Gasteiger partial charge in [-0.15, -0.1) is 0 Å². The Morgan fingerprint density at radius 2 is 1.87 bits per heavy atom. The van der Waals surface area contributed by atoms with Gasteiger partial charge in [0.25, 0.3) is 0 Å². The molecule has 2 aromatic rings. The van der Waals surface area contributed by atoms with E-state index in [9.17, 15) is 32.0 Å². The van der Waals surface area contributed by atoms with Crippen LogP contribution in [0.4, 0.5) is 9.18 Å². The number of pyridine rings is 1. The van der Waals surface area contributed by atoms with Gasteiger partial charge in [-0.05, 0) is 84.3 Å². The number of fused-ring (bicyclic) bond motifs is 3. The Balaban J connectivity index is 1.35. The number of nitrogens with zero attached hydrogens (tertiary/aromatic N) is 3. The first-order valence-electron chi connectivity index (χ1n) is 18.9. The maximum Gasteiger partial charge on any atom is 0.317 e. The number of carbonyl (C=O) groups is 4. The molecule has 2 aliphatic carbocycles. The predicted molar refractivity (Wildman–Crippen MR) is 200 cm³/mol. The molecular weight excluding hydrogens is 718 g/mol. The average molecular weight is 770 g/mol. The molecule has 2 N–H and O–H groups in total. The number of halogens is 1. The third-order valence-corrected chi connectivity index (χ3v) is 13.5. The fourth-order valence-corrected chi connectivity index (χ4v) is 8.83. The number of nitrogens with one attached hydrogen (secondary N) is 2. The number of sulfonamides is 1. The molecule has 4 amide bonds. The number of amides is 4. The van der Waals surface area contributed by atoms with Crippen molar-refractivity contribution in [2.24, 2.45) is 11.3 Å². The second-order valence-corrected chi connectivity index (χ2v) is 18.3. The first-order chi connectivity index (χ1) is 25.4. The lowest BCUT2D eigenvalue weighted by atomic mass is 9.91. The molecule has 5 atom stereocenters. The minimum atomic E-state index is -3.96. The number of aryl methyl sites for hydroxylation is 1. The normalized spacial score (nSPS) is 27.6. The third kappa shape index (κ3) is 8.06. The van der Waals surface area contributed by atoms with E-state index in [4.69, 9.17) is 9.47 Å². The molecule has 0 spiro atoms. The summed E-state index contributed by atoms with van der Waals surface area (Å²) < 4.78 is 54.8. The van der Waals surface area contributed by atoms with Crippen LogP contribution in [0.15, 0.2) is 30.4 Å². The minimum Gasteiger partial charge on any atom is -0.488 e. The van der Waals surface area contributed by atoms with Crippen molar-refractivity contribution >= 4 is 44.6 Å². The molecule has 1 saturated heterocycles. The first kappa shape index (κ1) is 39.4. The van der Waals surface area contributed by atoms with Gasteiger partial charge in [0, 0.05) is 44.0 Å². The smallest absolute Gasteiger partial charge is 0.317 e. The number of rotatable bonds is 8. The molecular formula is C39H52FN5O8S. The standard InChI is InChI=1S/C39H52FN5O8S/c1-23(2)52-33-19-32(27-14-15-28(40)24(3)34(27)42-33)53-26-18-30-31(46)21-39(36(48)43-54(50,51)38(4)16-17-38)20-25(39)12-10-8-7-9-11-13-29(35(47)45(30)22-26)41-37(49)44(5)6/h10,12,14-15,19,23,25-26,29-30H,7-9,11,13,16-18,20-22H2,1-6H3,(H,41,49)(H,43,48)/b12-10-/t25-,26+,29-,30-,39+/m0/s1. The third-order valence-electron chi connectivity index (χ3n) is 11.3. The highest BCUT2D eigenvalue weighted by molar-refractivity contribution is 7.91. The van der Waals surface area contributed by atoms with E-state index in [1.165, 1.54) is 15.9 Å². The summed E-state index contributed by atoms with van der Waals surface area (Å²) in [7, 11) is -0.806. The number of allylic oxidation sites excluding steroid dienone is 2. The number of Topliss-reactive ketones (excluding diaryl/α,β-unsaturated/α-hetero) is 1. The molecule has 2 aliphatic heterocycles. The van der Waals surface area contributed by atoms with Gasteiger partial charge in [-0.2, -0.15) is 0 Å². The van der Waals surface area contributed by atoms with Gasteiger partial charge in [0.2, 0.25) is 27.7 Å². The molecule has 3 heterocycles. The van der Waals surface area contributed by atoms with E-state index < -0.39 is 67.8 Å². The van der Waals surface area contributed by atoms with Crippen LogP contribution in [0.5, 0.6) is 11.6 Å². The molecule has 0 radical (unpaired) electrons. The lowest BCUT2D eigenvalue weighted by Crippen LogP contribution is -2.54. The van der Waals surface area contributed by atoms with Crippen molar-refractivity contribution in [3.63, 3.8) is 0 Å². The largest absolute Gasteiger partial charge is 0.488 e. The van der Waals surface area contributed by atoms with Gasteiger partial charge in [0.15, 0.2) is 5.78 Å². The first-order valence-corrected chi connectivity index (χ1v) is 20.4. The molecule has 4 aliphatic rings. The van der Waals surface area contributed by atoms with Gasteiger partial charge < -0.3 is 24.6 Å². The maximum atomic E-state index is 14.7. The van der Waals surface area contributed by atoms with Crippen LogP contribution in [0.2, 0.25) is 0 Å². The van der Waals surface area contributed by atoms with Gasteiger partial charge in [-0.25, -0.2) is 22.6 Å². The van der Waals surface area contributed by atoms with Crippen LogP contribution >= 0.6 is 0 Å². The molecule has 3 fully saturated rings. The molecule has 1 aromatic heterocycles. The number of ketones is 1. The molecule has 0 unspecified atom stereocenters. The number of urea groups is 1. The van der Waals surface area contributed by atoms with Crippen molar-refractivity contribution in [1.29, 1.82) is 0 Å². The number of hydrogen-bond donors (Lipinski definition) is 2. The number of benzene rings is 1. The zero-order valence-electron chi connectivity index (χ0n) is 31.9. The van der Waals surface area contributed by atoms with Crippen molar-refractivity contribution in [2.45, 2.75) is 121 Å². The van der Waals surface area contributed by atoms with Crippen LogP contribution in [0.1, 0.15) is 90.5 Å². The van der Waals surface area contributed by atoms with E-state index in [2.05, 4.69) is 15.0 Å². The van der Waals surface area contributed by atoms with E-state index in [0.717, 1.165) is 12.8 Å². The molecule has 294 valence electrons. The summed E-state index contributed by atoms with van der Waals surface area (Å²) >= 11 is 0. The van der Waals surface area contributed by atoms with Crippen molar-refractivity contribution in [3.8, 4) is 11.6 Å². The quantitative estimate of drug-likeness (QED) is 0.354. The summed E-state index contributed by atoms with van der Waals surface area (Å²) in [6.45, 7) is 6.88. The van der Waals surface area contributed by atoms with Gasteiger partial charge in [0.05, 0.1) is 34.4 Å². The van der Waals surface area contributed by atoms with Gasteiger partial charge in [0.1, 0.15) is 23.7 Å². The molecule has 54 heavy (non-hydrogen) atoms. The molecule has 1 aromatic carbocycles. The highest BCUT2D eigenvalue weighted by atomic mass is 32.2. The summed E-state index contributed by atoms with van der Waals surface area (Å²) in [4.78, 5) is 63.1. The number of aromatic nitrogens is 1. The van der Waals surface area contributed by atoms with Crippen LogP contribution in [0, 0.1) is 24.1 Å². The molecule has 2 saturated carbocycles. The van der Waals surface area contributed by atoms with E-state index in [1.54, 1.807) is 40.1 Å². The zero-order valence-corrected chi connectivity index (χ0v) is 32.8. The molecule has 6 rings (SSSR count). The van der Waals surface area contributed by atoms with Crippen molar-refractivity contribution in [3.05, 3.63) is 41.7 Å². The van der Waals surface area contributed by atoms with Crippen LogP contribution in [-0.4, -0.2) is 96.5 Å². The van der Waals surface area contributed by atoms with Crippen molar-refractivity contribution in [2.75, 3.05) is 20.6 Å². The Hall–Kier alpha value is -4.27. The highest BCUT2D eigenvalue weighted by Crippen LogP contribution is 2.57. The molecule has 13 nitrogen and oxygen atoms in total. The Morgan fingerprint density at radius 3 is 2.56 bits per heavy atom. The van der Waals surface area contributed by atoms with E-state index in [1.807, 2.05) is 26.0 Å². The van der Waals surface area contributed by atoms with E-state index in [0.29, 0.717) is 60.7 Å². The Kier molecular flexibility index (Phi) is 11.0. The van der Waals surface area contributed by atoms with Gasteiger partial charge >= 0.3 is 6.03 Å². The van der Waals surface area contributed by atoms with Crippen molar-refractivity contribution < 1.29 is 41.5 Å². The Bertz CT molecular complexity index is 1960. The molecule has 15 heteroatoms. The van der Waals surface area contributed by atoms with Gasteiger partial charge in [-0.3, -0.25) is 19.1 Å². The number of hydrogen-bond acceptors (Lipinski definition) is 9. The average Bonchev–Trinajstić information content (AvgIpc) is 3.98. The van der Waals surface area contributed by atoms with Crippen LogP contribution in [0.25, 0.3) is 10.9 Å². The second-order valence-electron chi connectivity index (χ2n) is 16.1. The topological polar surface area (TPSA) is 164 Å². The monoisotopic (exact) mass is 769 g/mol. The maximum absolute atomic E-state index is 14.7. The fraction of sp³-hybridized carbons (Fsp3) is 0.615. The lowest BCUT2D eigenvalue weighted by Gasteiger charge is -2.30. The summed E-state index contributed by atoms with van der Waals surface area (Å²) in [5, 5.41) is 3.37. The van der Waals surface area contributed by atoms with Crippen LogP contribution < -0.4 is 19.5 Å². The van der Waals surface area contributed by atoms with Crippen LogP contribution in [-0.2, 0) is 24.4 Å². The SMILES string of the molecule is Cc1c(F)ccc2c(O[C@@H]3C[C@H]4C(=O)C[C@]5(C(=O)NS(=O)(=O)C6(C)CC6)C[C@@H]5/C=C\CCCCC[C@H](NC(=O)N(C)C)C(=O)N4C3)cc(OC(C)C)nc12. The summed E-state index contributed by atoms with van der Waals surface area (Å²) in [6.07, 6.45) is 7.23.